The van der Waals surface area contributed by atoms with Gasteiger partial charge < -0.3 is 20.3 Å². The van der Waals surface area contributed by atoms with Crippen molar-refractivity contribution >= 4 is 34.5 Å². The summed E-state index contributed by atoms with van der Waals surface area (Å²) in [4.78, 5) is 36.7. The van der Waals surface area contributed by atoms with Gasteiger partial charge in [0, 0.05) is 35.7 Å². The van der Waals surface area contributed by atoms with E-state index >= 15 is 0 Å². The Hall–Kier alpha value is -3.30. The van der Waals surface area contributed by atoms with Gasteiger partial charge in [0.2, 0.25) is 0 Å². The summed E-state index contributed by atoms with van der Waals surface area (Å²) < 4.78 is 6.04. The highest BCUT2D eigenvalue weighted by Crippen LogP contribution is 2.29. The standard InChI is InChI=1S/C26H31N5O3S/c1-31(2)13-6-7-22(32)18-8-9-20-23(15-18)34-14-5-3-4-11-27-24-16-19(10-12-28-24)26-30-21(17-35-26)25(33)29-20/h8-10,12,15-17H,3-7,11,13-14H2,1-2H3,(H,27,28)(H,29,33). The van der Waals surface area contributed by atoms with E-state index in [0.717, 1.165) is 55.2 Å². The van der Waals surface area contributed by atoms with Gasteiger partial charge >= 0.3 is 0 Å². The molecule has 0 saturated carbocycles. The van der Waals surface area contributed by atoms with Crippen LogP contribution < -0.4 is 15.4 Å². The lowest BCUT2D eigenvalue weighted by atomic mass is 10.1. The fraction of sp³-hybridized carbons (Fsp3) is 0.385. The number of anilines is 2. The SMILES string of the molecule is CN(C)CCCC(=O)c1ccc2c(c1)OCCCCCNc1cc(ccn1)-c1nc(cs1)C(=O)N2. The molecule has 3 aromatic rings. The van der Waals surface area contributed by atoms with E-state index < -0.39 is 0 Å². The second-order valence-corrected chi connectivity index (χ2v) is 9.66. The highest BCUT2D eigenvalue weighted by molar-refractivity contribution is 7.13. The number of hydrogen-bond donors (Lipinski definition) is 2. The fourth-order valence-corrected chi connectivity index (χ4v) is 4.58. The summed E-state index contributed by atoms with van der Waals surface area (Å²) in [6.45, 7) is 2.16. The number of pyridine rings is 1. The maximum Gasteiger partial charge on any atom is 0.275 e. The molecule has 0 aliphatic carbocycles. The summed E-state index contributed by atoms with van der Waals surface area (Å²) in [7, 11) is 3.99. The number of rotatable bonds is 5. The smallest absolute Gasteiger partial charge is 0.275 e. The Balaban J connectivity index is 1.56. The Morgan fingerprint density at radius 3 is 2.91 bits per heavy atom. The number of amides is 1. The predicted molar refractivity (Wildman–Crippen MR) is 140 cm³/mol. The van der Waals surface area contributed by atoms with Gasteiger partial charge in [-0.1, -0.05) is 0 Å². The average molecular weight is 494 g/mol. The molecular formula is C26H31N5O3S. The van der Waals surface area contributed by atoms with Crippen molar-refractivity contribution in [2.24, 2.45) is 0 Å². The van der Waals surface area contributed by atoms with Crippen LogP contribution in [0.1, 0.15) is 53.0 Å². The molecule has 2 aromatic heterocycles. The van der Waals surface area contributed by atoms with Crippen molar-refractivity contribution in [3.05, 3.63) is 53.2 Å². The normalized spacial score (nSPS) is 14.3. The van der Waals surface area contributed by atoms with Gasteiger partial charge in [0.15, 0.2) is 5.78 Å². The Kier molecular flexibility index (Phi) is 8.44. The van der Waals surface area contributed by atoms with E-state index in [0.29, 0.717) is 35.7 Å². The number of carbonyl (C=O) groups excluding carboxylic acids is 2. The van der Waals surface area contributed by atoms with Crippen LogP contribution in [0.15, 0.2) is 41.9 Å². The van der Waals surface area contributed by atoms with Crippen LogP contribution in [0, 0.1) is 0 Å². The third kappa shape index (κ3) is 6.86. The number of ketones is 1. The van der Waals surface area contributed by atoms with Crippen molar-refractivity contribution in [2.45, 2.75) is 32.1 Å². The molecule has 35 heavy (non-hydrogen) atoms. The number of thiazole rings is 1. The minimum Gasteiger partial charge on any atom is -0.491 e. The monoisotopic (exact) mass is 493 g/mol. The van der Waals surface area contributed by atoms with Crippen LogP contribution in [0.4, 0.5) is 11.5 Å². The number of Topliss-reactive ketones (excluding diaryl/α,β-unsaturated/α-hetero) is 1. The Bertz CT molecular complexity index is 1180. The molecule has 1 aliphatic rings. The second kappa shape index (κ2) is 11.9. The lowest BCUT2D eigenvalue weighted by Crippen LogP contribution is -2.15. The van der Waals surface area contributed by atoms with E-state index in [1.54, 1.807) is 29.8 Å². The summed E-state index contributed by atoms with van der Waals surface area (Å²) in [5, 5.41) is 8.76. The van der Waals surface area contributed by atoms with E-state index in [-0.39, 0.29) is 11.7 Å². The Morgan fingerprint density at radius 1 is 1.17 bits per heavy atom. The van der Waals surface area contributed by atoms with Crippen LogP contribution >= 0.6 is 11.3 Å². The van der Waals surface area contributed by atoms with Crippen LogP contribution in [0.5, 0.6) is 5.75 Å². The van der Waals surface area contributed by atoms with Crippen molar-refractivity contribution in [3.63, 3.8) is 0 Å². The molecule has 9 heteroatoms. The van der Waals surface area contributed by atoms with Crippen molar-refractivity contribution < 1.29 is 14.3 Å². The molecule has 0 atom stereocenters. The number of fused-ring (bicyclic) bond motifs is 6. The van der Waals surface area contributed by atoms with Crippen LogP contribution in [0.25, 0.3) is 10.6 Å². The topological polar surface area (TPSA) is 96.4 Å². The lowest BCUT2D eigenvalue weighted by Gasteiger charge is -2.14. The zero-order valence-corrected chi connectivity index (χ0v) is 21.0. The summed E-state index contributed by atoms with van der Waals surface area (Å²) >= 11 is 1.41. The number of aromatic nitrogens is 2. The molecule has 2 N–H and O–H groups in total. The first kappa shape index (κ1) is 24.8. The van der Waals surface area contributed by atoms with Crippen LogP contribution in [-0.2, 0) is 0 Å². The maximum atomic E-state index is 13.0. The third-order valence-electron chi connectivity index (χ3n) is 5.69. The van der Waals surface area contributed by atoms with Crippen LogP contribution in [0.3, 0.4) is 0 Å². The van der Waals surface area contributed by atoms with Crippen molar-refractivity contribution in [1.29, 1.82) is 0 Å². The molecule has 0 radical (unpaired) electrons. The summed E-state index contributed by atoms with van der Waals surface area (Å²) in [5.74, 6) is 1.04. The second-order valence-electron chi connectivity index (χ2n) is 8.80. The first-order valence-corrected chi connectivity index (χ1v) is 12.8. The molecule has 1 aromatic carbocycles. The lowest BCUT2D eigenvalue weighted by molar-refractivity contribution is 0.0976. The predicted octanol–water partition coefficient (Wildman–Crippen LogP) is 4.96. The average Bonchev–Trinajstić information content (AvgIpc) is 3.34. The van der Waals surface area contributed by atoms with Gasteiger partial charge in [0.25, 0.3) is 5.91 Å². The fourth-order valence-electron chi connectivity index (χ4n) is 3.78. The molecule has 0 unspecified atom stereocenters. The number of carbonyl (C=O) groups is 2. The van der Waals surface area contributed by atoms with Gasteiger partial charge in [-0.2, -0.15) is 0 Å². The van der Waals surface area contributed by atoms with E-state index in [1.807, 2.05) is 26.2 Å². The first-order chi connectivity index (χ1) is 17.0. The van der Waals surface area contributed by atoms with Crippen LogP contribution in [0.2, 0.25) is 0 Å². The molecule has 4 rings (SSSR count). The van der Waals surface area contributed by atoms with Gasteiger partial charge in [-0.25, -0.2) is 9.97 Å². The molecule has 4 bridgehead atoms. The summed E-state index contributed by atoms with van der Waals surface area (Å²) in [6, 6.07) is 9.08. The minimum atomic E-state index is -0.320. The van der Waals surface area contributed by atoms with Gasteiger partial charge in [-0.3, -0.25) is 9.59 Å². The van der Waals surface area contributed by atoms with Crippen molar-refractivity contribution in [2.75, 3.05) is 44.4 Å². The molecule has 1 amide bonds. The highest BCUT2D eigenvalue weighted by Gasteiger charge is 2.17. The zero-order valence-electron chi connectivity index (χ0n) is 20.2. The first-order valence-electron chi connectivity index (χ1n) is 11.9. The van der Waals surface area contributed by atoms with E-state index in [2.05, 4.69) is 25.5 Å². The maximum absolute atomic E-state index is 13.0. The number of ether oxygens (including phenoxy) is 1. The van der Waals surface area contributed by atoms with E-state index in [9.17, 15) is 9.59 Å². The molecule has 0 saturated heterocycles. The van der Waals surface area contributed by atoms with E-state index in [4.69, 9.17) is 4.74 Å². The molecule has 3 heterocycles. The largest absolute Gasteiger partial charge is 0.491 e. The quantitative estimate of drug-likeness (QED) is 0.485. The molecule has 184 valence electrons. The highest BCUT2D eigenvalue weighted by atomic mass is 32.1. The van der Waals surface area contributed by atoms with Crippen molar-refractivity contribution in [3.8, 4) is 16.3 Å². The summed E-state index contributed by atoms with van der Waals surface area (Å²) in [6.07, 6.45) is 5.82. The van der Waals surface area contributed by atoms with Crippen molar-refractivity contribution in [1.82, 2.24) is 14.9 Å². The Morgan fingerprint density at radius 2 is 2.06 bits per heavy atom. The molecule has 0 fully saturated rings. The number of hydrogen-bond acceptors (Lipinski definition) is 8. The van der Waals surface area contributed by atoms with Crippen LogP contribution in [-0.4, -0.2) is 60.4 Å². The minimum absolute atomic E-state index is 0.0681. The van der Waals surface area contributed by atoms with E-state index in [1.165, 1.54) is 11.3 Å². The van der Waals surface area contributed by atoms with Gasteiger partial charge in [-0.15, -0.1) is 11.3 Å². The van der Waals surface area contributed by atoms with Gasteiger partial charge in [0.1, 0.15) is 22.3 Å². The molecular weight excluding hydrogens is 462 g/mol. The number of nitrogens with one attached hydrogen (secondary N) is 2. The molecule has 8 nitrogen and oxygen atoms in total. The zero-order chi connectivity index (χ0) is 24.6. The number of nitrogens with zero attached hydrogens (tertiary/aromatic N) is 3. The third-order valence-corrected chi connectivity index (χ3v) is 6.58. The number of benzene rings is 1. The van der Waals surface area contributed by atoms with Gasteiger partial charge in [-0.05, 0) is 76.7 Å². The Labute approximate surface area is 209 Å². The molecule has 0 spiro atoms. The summed E-state index contributed by atoms with van der Waals surface area (Å²) in [5.41, 5.74) is 2.37. The van der Waals surface area contributed by atoms with Gasteiger partial charge in [0.05, 0.1) is 12.3 Å². The molecule has 1 aliphatic heterocycles.